The number of amides is 1. The number of carbonyl (C=O) groups is 2. The van der Waals surface area contributed by atoms with Crippen LogP contribution in [-0.4, -0.2) is 11.7 Å². The van der Waals surface area contributed by atoms with Gasteiger partial charge in [0.1, 0.15) is 0 Å². The van der Waals surface area contributed by atoms with Gasteiger partial charge in [0.25, 0.3) is 11.7 Å². The van der Waals surface area contributed by atoms with Crippen molar-refractivity contribution in [2.24, 2.45) is 0 Å². The fourth-order valence-electron chi connectivity index (χ4n) is 1.65. The van der Waals surface area contributed by atoms with Crippen LogP contribution in [0.2, 0.25) is 0 Å². The van der Waals surface area contributed by atoms with Crippen LogP contribution in [0, 0.1) is 18.3 Å². The van der Waals surface area contributed by atoms with Crippen LogP contribution in [0.3, 0.4) is 0 Å². The molecule has 0 radical (unpaired) electrons. The molecule has 0 saturated carbocycles. The van der Waals surface area contributed by atoms with Crippen molar-refractivity contribution < 1.29 is 9.59 Å². The number of carbonyl (C=O) groups excluding carboxylic acids is 2. The lowest BCUT2D eigenvalue weighted by Gasteiger charge is -2.04. The summed E-state index contributed by atoms with van der Waals surface area (Å²) in [6.45, 7) is 1.91. The Bertz CT molecular complexity index is 680. The van der Waals surface area contributed by atoms with Crippen molar-refractivity contribution in [2.75, 3.05) is 5.32 Å². The molecule has 0 atom stereocenters. The molecular weight excluding hydrogens is 252 g/mol. The second-order valence-electron chi connectivity index (χ2n) is 4.34. The topological polar surface area (TPSA) is 70.0 Å². The minimum absolute atomic E-state index is 0.349. The highest BCUT2D eigenvalue weighted by Gasteiger charge is 2.15. The molecule has 0 aliphatic carbocycles. The van der Waals surface area contributed by atoms with Gasteiger partial charge in [0, 0.05) is 11.3 Å². The normalized spacial score (nSPS) is 9.60. The third-order valence-electron chi connectivity index (χ3n) is 2.79. The van der Waals surface area contributed by atoms with Crippen LogP contribution in [0.15, 0.2) is 48.5 Å². The predicted molar refractivity (Wildman–Crippen MR) is 75.3 cm³/mol. The van der Waals surface area contributed by atoms with Crippen LogP contribution >= 0.6 is 0 Å². The molecule has 0 heterocycles. The molecular formula is C16H12N2O2. The smallest absolute Gasteiger partial charge is 0.296 e. The number of nitrogens with one attached hydrogen (secondary N) is 1. The molecule has 0 bridgehead atoms. The van der Waals surface area contributed by atoms with Gasteiger partial charge in [-0.15, -0.1) is 0 Å². The summed E-state index contributed by atoms with van der Waals surface area (Å²) in [4.78, 5) is 23.7. The Balaban J connectivity index is 2.09. The number of hydrogen-bond donors (Lipinski definition) is 1. The zero-order valence-corrected chi connectivity index (χ0v) is 10.9. The van der Waals surface area contributed by atoms with E-state index >= 15 is 0 Å². The van der Waals surface area contributed by atoms with E-state index in [1.54, 1.807) is 48.5 Å². The minimum atomic E-state index is -0.696. The molecule has 0 fully saturated rings. The molecule has 2 rings (SSSR count). The van der Waals surface area contributed by atoms with Gasteiger partial charge in [-0.25, -0.2) is 0 Å². The van der Waals surface area contributed by atoms with Crippen LogP contribution in [0.5, 0.6) is 0 Å². The number of nitrogens with zero attached hydrogens (tertiary/aromatic N) is 1. The fraction of sp³-hybridized carbons (Fsp3) is 0.0625. The first-order chi connectivity index (χ1) is 9.60. The van der Waals surface area contributed by atoms with Crippen LogP contribution in [0.25, 0.3) is 0 Å². The average molecular weight is 264 g/mol. The molecule has 4 heteroatoms. The predicted octanol–water partition coefficient (Wildman–Crippen LogP) is 2.69. The Kier molecular flexibility index (Phi) is 3.92. The second-order valence-corrected chi connectivity index (χ2v) is 4.34. The van der Waals surface area contributed by atoms with Crippen LogP contribution < -0.4 is 5.32 Å². The Morgan fingerprint density at radius 3 is 2.15 bits per heavy atom. The maximum Gasteiger partial charge on any atom is 0.296 e. The molecule has 4 nitrogen and oxygen atoms in total. The molecule has 1 amide bonds. The molecule has 0 unspecified atom stereocenters. The van der Waals surface area contributed by atoms with Crippen molar-refractivity contribution in [1.82, 2.24) is 0 Å². The highest BCUT2D eigenvalue weighted by atomic mass is 16.2. The molecule has 0 aliphatic heterocycles. The first kappa shape index (κ1) is 13.5. The largest absolute Gasteiger partial charge is 0.319 e. The molecule has 0 aliphatic rings. The van der Waals surface area contributed by atoms with E-state index in [0.29, 0.717) is 16.8 Å². The van der Waals surface area contributed by atoms with Gasteiger partial charge in [-0.05, 0) is 31.2 Å². The fourth-order valence-corrected chi connectivity index (χ4v) is 1.65. The lowest BCUT2D eigenvalue weighted by molar-refractivity contribution is -0.112. The Morgan fingerprint density at radius 2 is 1.60 bits per heavy atom. The summed E-state index contributed by atoms with van der Waals surface area (Å²) in [6.07, 6.45) is 0. The number of anilines is 1. The number of ketones is 1. The number of rotatable bonds is 3. The maximum atomic E-state index is 11.9. The summed E-state index contributed by atoms with van der Waals surface area (Å²) in [6, 6.07) is 15.1. The van der Waals surface area contributed by atoms with E-state index in [4.69, 9.17) is 5.26 Å². The van der Waals surface area contributed by atoms with Gasteiger partial charge in [0.2, 0.25) is 0 Å². The highest BCUT2D eigenvalue weighted by Crippen LogP contribution is 2.10. The van der Waals surface area contributed by atoms with E-state index in [1.807, 2.05) is 13.0 Å². The van der Waals surface area contributed by atoms with Crippen molar-refractivity contribution in [3.63, 3.8) is 0 Å². The van der Waals surface area contributed by atoms with E-state index in [1.165, 1.54) is 0 Å². The number of hydrogen-bond acceptors (Lipinski definition) is 3. The van der Waals surface area contributed by atoms with E-state index in [-0.39, 0.29) is 0 Å². The van der Waals surface area contributed by atoms with Crippen molar-refractivity contribution in [1.29, 1.82) is 5.26 Å². The van der Waals surface area contributed by atoms with Crippen molar-refractivity contribution >= 4 is 17.4 Å². The molecule has 0 saturated heterocycles. The Labute approximate surface area is 116 Å². The minimum Gasteiger partial charge on any atom is -0.319 e. The quantitative estimate of drug-likeness (QED) is 0.684. The van der Waals surface area contributed by atoms with Crippen molar-refractivity contribution in [3.05, 3.63) is 65.2 Å². The van der Waals surface area contributed by atoms with Gasteiger partial charge in [0.15, 0.2) is 0 Å². The van der Waals surface area contributed by atoms with Crippen molar-refractivity contribution in [3.8, 4) is 6.07 Å². The Hall–Kier alpha value is -2.93. The zero-order valence-electron chi connectivity index (χ0n) is 10.9. The van der Waals surface area contributed by atoms with E-state index < -0.39 is 11.7 Å². The van der Waals surface area contributed by atoms with Crippen LogP contribution in [0.4, 0.5) is 5.69 Å². The Morgan fingerprint density at radius 1 is 1.00 bits per heavy atom. The van der Waals surface area contributed by atoms with E-state index in [9.17, 15) is 9.59 Å². The molecule has 0 spiro atoms. The van der Waals surface area contributed by atoms with E-state index in [2.05, 4.69) is 5.32 Å². The summed E-state index contributed by atoms with van der Waals surface area (Å²) in [5, 5.41) is 11.2. The first-order valence-electron chi connectivity index (χ1n) is 6.02. The zero-order chi connectivity index (χ0) is 14.5. The lowest BCUT2D eigenvalue weighted by atomic mass is 10.1. The number of nitriles is 1. The van der Waals surface area contributed by atoms with Gasteiger partial charge >= 0.3 is 0 Å². The monoisotopic (exact) mass is 264 g/mol. The second kappa shape index (κ2) is 5.81. The van der Waals surface area contributed by atoms with Crippen LogP contribution in [0.1, 0.15) is 21.5 Å². The number of Topliss-reactive ketones (excluding diaryl/α,β-unsaturated/α-hetero) is 1. The summed E-state index contributed by atoms with van der Waals surface area (Å²) >= 11 is 0. The number of aryl methyl sites for hydroxylation is 1. The van der Waals surface area contributed by atoms with Gasteiger partial charge in [0.05, 0.1) is 11.6 Å². The molecule has 98 valence electrons. The maximum absolute atomic E-state index is 11.9. The molecule has 20 heavy (non-hydrogen) atoms. The van der Waals surface area contributed by atoms with E-state index in [0.717, 1.165) is 5.56 Å². The number of benzene rings is 2. The van der Waals surface area contributed by atoms with Gasteiger partial charge in [-0.2, -0.15) is 5.26 Å². The third-order valence-corrected chi connectivity index (χ3v) is 2.79. The first-order valence-corrected chi connectivity index (χ1v) is 6.02. The highest BCUT2D eigenvalue weighted by molar-refractivity contribution is 6.46. The average Bonchev–Trinajstić information content (AvgIpc) is 2.48. The van der Waals surface area contributed by atoms with Crippen molar-refractivity contribution in [2.45, 2.75) is 6.92 Å². The van der Waals surface area contributed by atoms with Gasteiger partial charge < -0.3 is 5.32 Å². The van der Waals surface area contributed by atoms with Gasteiger partial charge in [-0.1, -0.05) is 29.8 Å². The molecule has 0 aromatic heterocycles. The summed E-state index contributed by atoms with van der Waals surface area (Å²) in [5.41, 5.74) is 2.35. The summed E-state index contributed by atoms with van der Waals surface area (Å²) < 4.78 is 0. The lowest BCUT2D eigenvalue weighted by Crippen LogP contribution is -2.22. The standard InChI is InChI=1S/C16H12N2O2/c1-11-2-6-13(7-3-11)15(19)16(20)18-14-8-4-12(10-17)5-9-14/h2-9H,1H3,(H,18,20). The molecule has 2 aromatic carbocycles. The van der Waals surface area contributed by atoms with Gasteiger partial charge in [-0.3, -0.25) is 9.59 Å². The summed E-state index contributed by atoms with van der Waals surface area (Å²) in [5.74, 6) is -1.28. The summed E-state index contributed by atoms with van der Waals surface area (Å²) in [7, 11) is 0. The molecule has 1 N–H and O–H groups in total. The van der Waals surface area contributed by atoms with Crippen LogP contribution in [-0.2, 0) is 4.79 Å². The third kappa shape index (κ3) is 3.09. The molecule has 2 aromatic rings. The SMILES string of the molecule is Cc1ccc(C(=O)C(=O)Nc2ccc(C#N)cc2)cc1.